The number of carbonyl (C=O) groups is 1. The third-order valence-corrected chi connectivity index (χ3v) is 4.52. The minimum atomic E-state index is -0.0448. The summed E-state index contributed by atoms with van der Waals surface area (Å²) >= 11 is 0. The monoisotopic (exact) mass is 292 g/mol. The molecular weight excluding hydrogens is 268 g/mol. The number of rotatable bonds is 4. The van der Waals surface area contributed by atoms with Gasteiger partial charge in [0, 0.05) is 11.3 Å². The van der Waals surface area contributed by atoms with Crippen molar-refractivity contribution in [3.8, 4) is 0 Å². The average molecular weight is 292 g/mol. The molecule has 1 amide bonds. The molecule has 6 nitrogen and oxygen atoms in total. The molecule has 1 fully saturated rings. The van der Waals surface area contributed by atoms with E-state index in [1.165, 1.54) is 0 Å². The van der Waals surface area contributed by atoms with Crippen molar-refractivity contribution in [1.82, 2.24) is 20.4 Å². The SMILES string of the molecule is O=C(NC1CCCc2c1cnn2CCO)[C@@H]1CCCCN1. The lowest BCUT2D eigenvalue weighted by Crippen LogP contribution is -2.47. The van der Waals surface area contributed by atoms with Gasteiger partial charge in [-0.05, 0) is 38.6 Å². The quantitative estimate of drug-likeness (QED) is 0.755. The number of aliphatic hydroxyl groups excluding tert-OH is 1. The standard InChI is InChI=1S/C15H24N4O2/c20-9-8-19-14-6-3-5-12(11(14)10-17-19)18-15(21)13-4-1-2-7-16-13/h10,12-13,16,20H,1-9H2,(H,18,21)/t12?,13-/m0/s1. The predicted octanol–water partition coefficient (Wildman–Crippen LogP) is 0.511. The molecule has 2 heterocycles. The van der Waals surface area contributed by atoms with Crippen LogP contribution in [0, 0.1) is 0 Å². The van der Waals surface area contributed by atoms with E-state index >= 15 is 0 Å². The number of piperidine rings is 1. The van der Waals surface area contributed by atoms with E-state index in [0.29, 0.717) is 6.54 Å². The van der Waals surface area contributed by atoms with Gasteiger partial charge in [0.2, 0.25) is 5.91 Å². The highest BCUT2D eigenvalue weighted by Crippen LogP contribution is 2.29. The summed E-state index contributed by atoms with van der Waals surface area (Å²) in [5, 5.41) is 19.9. The van der Waals surface area contributed by atoms with E-state index in [2.05, 4.69) is 15.7 Å². The predicted molar refractivity (Wildman–Crippen MR) is 78.8 cm³/mol. The number of nitrogens with one attached hydrogen (secondary N) is 2. The van der Waals surface area contributed by atoms with Gasteiger partial charge in [0.15, 0.2) is 0 Å². The van der Waals surface area contributed by atoms with E-state index in [-0.39, 0.29) is 24.6 Å². The molecular formula is C15H24N4O2. The molecule has 21 heavy (non-hydrogen) atoms. The van der Waals surface area contributed by atoms with Gasteiger partial charge in [-0.2, -0.15) is 5.10 Å². The van der Waals surface area contributed by atoms with Crippen LogP contribution in [0.2, 0.25) is 0 Å². The molecule has 1 aromatic rings. The number of fused-ring (bicyclic) bond motifs is 1. The highest BCUT2D eigenvalue weighted by Gasteiger charge is 2.28. The summed E-state index contributed by atoms with van der Waals surface area (Å²) in [4.78, 5) is 12.4. The van der Waals surface area contributed by atoms with Crippen molar-refractivity contribution in [1.29, 1.82) is 0 Å². The lowest BCUT2D eigenvalue weighted by Gasteiger charge is -2.28. The molecule has 1 aromatic heterocycles. The molecule has 1 aliphatic carbocycles. The zero-order chi connectivity index (χ0) is 14.7. The second-order valence-electron chi connectivity index (χ2n) is 5.95. The highest BCUT2D eigenvalue weighted by molar-refractivity contribution is 5.82. The third kappa shape index (κ3) is 3.11. The van der Waals surface area contributed by atoms with Crippen LogP contribution in [0.5, 0.6) is 0 Å². The first-order valence-corrected chi connectivity index (χ1v) is 7.99. The Hall–Kier alpha value is -1.40. The Kier molecular flexibility index (Phi) is 4.55. The Morgan fingerprint density at radius 2 is 2.33 bits per heavy atom. The molecule has 3 rings (SSSR count). The second-order valence-corrected chi connectivity index (χ2v) is 5.95. The first-order chi connectivity index (χ1) is 10.3. The summed E-state index contributed by atoms with van der Waals surface area (Å²) < 4.78 is 1.87. The van der Waals surface area contributed by atoms with E-state index in [4.69, 9.17) is 5.11 Å². The van der Waals surface area contributed by atoms with Crippen molar-refractivity contribution in [3.05, 3.63) is 17.5 Å². The average Bonchev–Trinajstić information content (AvgIpc) is 2.93. The van der Waals surface area contributed by atoms with Gasteiger partial charge >= 0.3 is 0 Å². The molecule has 6 heteroatoms. The van der Waals surface area contributed by atoms with E-state index in [1.54, 1.807) is 0 Å². The first-order valence-electron chi connectivity index (χ1n) is 7.99. The van der Waals surface area contributed by atoms with Crippen LogP contribution in [0.3, 0.4) is 0 Å². The fourth-order valence-electron chi connectivity index (χ4n) is 3.40. The van der Waals surface area contributed by atoms with Crippen LogP contribution < -0.4 is 10.6 Å². The van der Waals surface area contributed by atoms with E-state index < -0.39 is 0 Å². The smallest absolute Gasteiger partial charge is 0.237 e. The fraction of sp³-hybridized carbons (Fsp3) is 0.733. The van der Waals surface area contributed by atoms with Crippen molar-refractivity contribution in [2.45, 2.75) is 57.2 Å². The summed E-state index contributed by atoms with van der Waals surface area (Å²) in [6.45, 7) is 1.56. The van der Waals surface area contributed by atoms with Gasteiger partial charge in [-0.25, -0.2) is 0 Å². The van der Waals surface area contributed by atoms with Gasteiger partial charge in [0.25, 0.3) is 0 Å². The van der Waals surface area contributed by atoms with Gasteiger partial charge in [-0.1, -0.05) is 6.42 Å². The number of hydrogen-bond donors (Lipinski definition) is 3. The Balaban J connectivity index is 1.68. The molecule has 1 saturated heterocycles. The van der Waals surface area contributed by atoms with Crippen LogP contribution in [0.25, 0.3) is 0 Å². The Labute approximate surface area is 124 Å². The van der Waals surface area contributed by atoms with Crippen LogP contribution in [0.15, 0.2) is 6.20 Å². The highest BCUT2D eigenvalue weighted by atomic mass is 16.3. The molecule has 0 spiro atoms. The normalized spacial score (nSPS) is 25.4. The largest absolute Gasteiger partial charge is 0.394 e. The minimum Gasteiger partial charge on any atom is -0.394 e. The zero-order valence-corrected chi connectivity index (χ0v) is 12.3. The topological polar surface area (TPSA) is 79.2 Å². The minimum absolute atomic E-state index is 0.0448. The second kappa shape index (κ2) is 6.58. The van der Waals surface area contributed by atoms with Crippen molar-refractivity contribution >= 4 is 5.91 Å². The van der Waals surface area contributed by atoms with Crippen LogP contribution in [0.1, 0.15) is 49.4 Å². The van der Waals surface area contributed by atoms with E-state index in [1.807, 2.05) is 10.9 Å². The van der Waals surface area contributed by atoms with Crippen molar-refractivity contribution < 1.29 is 9.90 Å². The van der Waals surface area contributed by atoms with Gasteiger partial charge in [0.1, 0.15) is 0 Å². The summed E-state index contributed by atoms with van der Waals surface area (Å²) in [5.41, 5.74) is 2.29. The molecule has 1 aliphatic heterocycles. The molecule has 0 aromatic carbocycles. The lowest BCUT2D eigenvalue weighted by molar-refractivity contribution is -0.124. The Morgan fingerprint density at radius 1 is 1.43 bits per heavy atom. The summed E-state index contributed by atoms with van der Waals surface area (Å²) in [6, 6.07) is 0.0223. The summed E-state index contributed by atoms with van der Waals surface area (Å²) in [6.07, 6.45) is 8.05. The maximum absolute atomic E-state index is 12.4. The lowest BCUT2D eigenvalue weighted by atomic mass is 9.92. The van der Waals surface area contributed by atoms with Crippen LogP contribution >= 0.6 is 0 Å². The molecule has 3 N–H and O–H groups in total. The number of aliphatic hydroxyl groups is 1. The Morgan fingerprint density at radius 3 is 3.10 bits per heavy atom. The van der Waals surface area contributed by atoms with Crippen LogP contribution in [0.4, 0.5) is 0 Å². The van der Waals surface area contributed by atoms with E-state index in [0.717, 1.165) is 56.3 Å². The van der Waals surface area contributed by atoms with Crippen molar-refractivity contribution in [2.24, 2.45) is 0 Å². The fourth-order valence-corrected chi connectivity index (χ4v) is 3.40. The number of nitrogens with zero attached hydrogens (tertiary/aromatic N) is 2. The molecule has 2 atom stereocenters. The molecule has 0 radical (unpaired) electrons. The van der Waals surface area contributed by atoms with Crippen LogP contribution in [-0.4, -0.2) is 40.0 Å². The summed E-state index contributed by atoms with van der Waals surface area (Å²) in [7, 11) is 0. The number of carbonyl (C=O) groups excluding carboxylic acids is 1. The zero-order valence-electron chi connectivity index (χ0n) is 12.3. The van der Waals surface area contributed by atoms with Gasteiger partial charge in [-0.15, -0.1) is 0 Å². The van der Waals surface area contributed by atoms with Gasteiger partial charge in [-0.3, -0.25) is 9.48 Å². The molecule has 2 aliphatic rings. The molecule has 116 valence electrons. The molecule has 1 unspecified atom stereocenters. The van der Waals surface area contributed by atoms with Crippen molar-refractivity contribution in [3.63, 3.8) is 0 Å². The molecule has 0 saturated carbocycles. The molecule has 0 bridgehead atoms. The number of hydrogen-bond acceptors (Lipinski definition) is 4. The van der Waals surface area contributed by atoms with Gasteiger partial charge in [0.05, 0.1) is 31.4 Å². The van der Waals surface area contributed by atoms with Crippen molar-refractivity contribution in [2.75, 3.05) is 13.2 Å². The summed E-state index contributed by atoms with van der Waals surface area (Å²) in [5.74, 6) is 0.113. The number of amides is 1. The van der Waals surface area contributed by atoms with Crippen LogP contribution in [-0.2, 0) is 17.8 Å². The maximum Gasteiger partial charge on any atom is 0.237 e. The van der Waals surface area contributed by atoms with Gasteiger partial charge < -0.3 is 15.7 Å². The maximum atomic E-state index is 12.4. The third-order valence-electron chi connectivity index (χ3n) is 4.52. The first kappa shape index (κ1) is 14.5. The van der Waals surface area contributed by atoms with E-state index in [9.17, 15) is 4.79 Å². The number of aromatic nitrogens is 2. The Bertz CT molecular complexity index is 494.